The second-order valence-corrected chi connectivity index (χ2v) is 8.43. The third-order valence-corrected chi connectivity index (χ3v) is 6.79. The van der Waals surface area contributed by atoms with Gasteiger partial charge in [0.05, 0.1) is 0 Å². The van der Waals surface area contributed by atoms with Gasteiger partial charge in [0, 0.05) is 57.8 Å². The summed E-state index contributed by atoms with van der Waals surface area (Å²) in [7, 11) is 0. The van der Waals surface area contributed by atoms with E-state index in [0.29, 0.717) is 5.91 Å². The molecule has 0 spiro atoms. The normalized spacial score (nSPS) is 24.5. The van der Waals surface area contributed by atoms with Crippen molar-refractivity contribution in [3.8, 4) is 0 Å². The summed E-state index contributed by atoms with van der Waals surface area (Å²) in [6.45, 7) is 7.87. The third kappa shape index (κ3) is 3.96. The summed E-state index contributed by atoms with van der Waals surface area (Å²) in [6.07, 6.45) is 8.08. The molecule has 4 heteroatoms. The summed E-state index contributed by atoms with van der Waals surface area (Å²) in [5.41, 5.74) is 1.60. The first kappa shape index (κ1) is 18.0. The average molecular weight is 356 g/mol. The van der Waals surface area contributed by atoms with Crippen molar-refractivity contribution in [3.05, 3.63) is 35.9 Å². The number of benzene rings is 1. The zero-order valence-electron chi connectivity index (χ0n) is 16.0. The van der Waals surface area contributed by atoms with Crippen LogP contribution in [0.5, 0.6) is 0 Å². The van der Waals surface area contributed by atoms with Gasteiger partial charge in [-0.2, -0.15) is 0 Å². The number of rotatable bonds is 6. The van der Waals surface area contributed by atoms with Crippen LogP contribution in [-0.2, 0) is 11.3 Å². The van der Waals surface area contributed by atoms with Crippen molar-refractivity contribution >= 4 is 5.91 Å². The summed E-state index contributed by atoms with van der Waals surface area (Å²) < 4.78 is 0. The van der Waals surface area contributed by atoms with E-state index in [9.17, 15) is 4.79 Å². The standard InChI is InChI=1S/C22H33N3O/c26-21-9-6-13-25(21)22(10-4-5-11-22)12-14-23-15-17-24(18-16-23)19-20-7-2-1-3-8-20/h1-3,7-8H,4-6,9-19H2. The maximum Gasteiger partial charge on any atom is 0.223 e. The van der Waals surface area contributed by atoms with E-state index in [2.05, 4.69) is 45.0 Å². The highest BCUT2D eigenvalue weighted by atomic mass is 16.2. The van der Waals surface area contributed by atoms with E-state index in [4.69, 9.17) is 0 Å². The number of nitrogens with zero attached hydrogens (tertiary/aromatic N) is 3. The Bertz CT molecular complexity index is 589. The minimum atomic E-state index is 0.189. The molecular weight excluding hydrogens is 322 g/mol. The molecule has 26 heavy (non-hydrogen) atoms. The van der Waals surface area contributed by atoms with Crippen LogP contribution in [-0.4, -0.2) is 65.4 Å². The van der Waals surface area contributed by atoms with Gasteiger partial charge < -0.3 is 9.80 Å². The van der Waals surface area contributed by atoms with E-state index < -0.39 is 0 Å². The molecule has 1 aromatic carbocycles. The lowest BCUT2D eigenvalue weighted by molar-refractivity contribution is -0.133. The third-order valence-electron chi connectivity index (χ3n) is 6.79. The lowest BCUT2D eigenvalue weighted by Gasteiger charge is -2.42. The first-order chi connectivity index (χ1) is 12.8. The van der Waals surface area contributed by atoms with Gasteiger partial charge in [0.2, 0.25) is 5.91 Å². The Morgan fingerprint density at radius 1 is 0.846 bits per heavy atom. The lowest BCUT2D eigenvalue weighted by atomic mass is 9.90. The predicted octanol–water partition coefficient (Wildman–Crippen LogP) is 3.13. The van der Waals surface area contributed by atoms with Gasteiger partial charge in [0.1, 0.15) is 0 Å². The molecular formula is C22H33N3O. The average Bonchev–Trinajstić information content (AvgIpc) is 3.32. The SMILES string of the molecule is O=C1CCCN1C1(CCN2CCN(Cc3ccccc3)CC2)CCCC1. The van der Waals surface area contributed by atoms with Crippen molar-refractivity contribution < 1.29 is 4.79 Å². The Balaban J connectivity index is 1.27. The molecule has 0 bridgehead atoms. The van der Waals surface area contributed by atoms with Crippen molar-refractivity contribution in [1.29, 1.82) is 0 Å². The Kier molecular flexibility index (Phi) is 5.60. The van der Waals surface area contributed by atoms with Gasteiger partial charge >= 0.3 is 0 Å². The van der Waals surface area contributed by atoms with Crippen LogP contribution < -0.4 is 0 Å². The fraction of sp³-hybridized carbons (Fsp3) is 0.682. The van der Waals surface area contributed by atoms with Gasteiger partial charge in [-0.25, -0.2) is 0 Å². The number of carbonyl (C=O) groups is 1. The Labute approximate surface area is 158 Å². The van der Waals surface area contributed by atoms with E-state index >= 15 is 0 Å². The first-order valence-electron chi connectivity index (χ1n) is 10.5. The Morgan fingerprint density at radius 3 is 2.19 bits per heavy atom. The van der Waals surface area contributed by atoms with E-state index in [1.54, 1.807) is 0 Å². The van der Waals surface area contributed by atoms with Crippen LogP contribution in [0.1, 0.15) is 50.5 Å². The summed E-state index contributed by atoms with van der Waals surface area (Å²) in [5, 5.41) is 0. The number of piperazine rings is 1. The van der Waals surface area contributed by atoms with Crippen LogP contribution >= 0.6 is 0 Å². The fourth-order valence-electron chi connectivity index (χ4n) is 5.22. The molecule has 2 aliphatic heterocycles. The molecule has 1 amide bonds. The highest BCUT2D eigenvalue weighted by molar-refractivity contribution is 5.79. The van der Waals surface area contributed by atoms with Gasteiger partial charge in [0.25, 0.3) is 0 Å². The number of likely N-dealkylation sites (tertiary alicyclic amines) is 1. The molecule has 2 saturated heterocycles. The zero-order valence-corrected chi connectivity index (χ0v) is 16.0. The highest BCUT2D eigenvalue weighted by Crippen LogP contribution is 2.40. The molecule has 0 N–H and O–H groups in total. The highest BCUT2D eigenvalue weighted by Gasteiger charge is 2.43. The van der Waals surface area contributed by atoms with Gasteiger partial charge in [-0.3, -0.25) is 9.69 Å². The minimum absolute atomic E-state index is 0.189. The topological polar surface area (TPSA) is 26.8 Å². The molecule has 1 aromatic rings. The quantitative estimate of drug-likeness (QED) is 0.784. The summed E-state index contributed by atoms with van der Waals surface area (Å²) >= 11 is 0. The molecule has 0 unspecified atom stereocenters. The number of carbonyl (C=O) groups excluding carboxylic acids is 1. The molecule has 4 nitrogen and oxygen atoms in total. The molecule has 1 aliphatic carbocycles. The molecule has 3 aliphatic rings. The van der Waals surface area contributed by atoms with E-state index in [1.807, 2.05) is 0 Å². The molecule has 4 rings (SSSR count). The van der Waals surface area contributed by atoms with Crippen molar-refractivity contribution in [3.63, 3.8) is 0 Å². The number of hydrogen-bond acceptors (Lipinski definition) is 3. The maximum atomic E-state index is 12.3. The molecule has 2 heterocycles. The lowest BCUT2D eigenvalue weighted by Crippen LogP contribution is -2.51. The fourth-order valence-corrected chi connectivity index (χ4v) is 5.22. The first-order valence-corrected chi connectivity index (χ1v) is 10.5. The van der Waals surface area contributed by atoms with E-state index in [1.165, 1.54) is 37.7 Å². The van der Waals surface area contributed by atoms with Crippen LogP contribution in [0, 0.1) is 0 Å². The largest absolute Gasteiger partial charge is 0.337 e. The van der Waals surface area contributed by atoms with Crippen LogP contribution in [0.25, 0.3) is 0 Å². The number of hydrogen-bond donors (Lipinski definition) is 0. The zero-order chi connectivity index (χ0) is 17.8. The van der Waals surface area contributed by atoms with Crippen LogP contribution in [0.15, 0.2) is 30.3 Å². The van der Waals surface area contributed by atoms with Crippen molar-refractivity contribution in [1.82, 2.24) is 14.7 Å². The summed E-state index contributed by atoms with van der Waals surface area (Å²) in [6, 6.07) is 10.8. The van der Waals surface area contributed by atoms with Crippen molar-refractivity contribution in [2.45, 2.75) is 57.0 Å². The second-order valence-electron chi connectivity index (χ2n) is 8.43. The van der Waals surface area contributed by atoms with Crippen molar-refractivity contribution in [2.75, 3.05) is 39.3 Å². The molecule has 3 fully saturated rings. The van der Waals surface area contributed by atoms with Crippen LogP contribution in [0.3, 0.4) is 0 Å². The Hall–Kier alpha value is -1.39. The molecule has 142 valence electrons. The molecule has 0 aromatic heterocycles. The van der Waals surface area contributed by atoms with E-state index in [0.717, 1.165) is 58.7 Å². The molecule has 0 radical (unpaired) electrons. The minimum Gasteiger partial charge on any atom is -0.337 e. The molecule has 0 atom stereocenters. The predicted molar refractivity (Wildman–Crippen MR) is 105 cm³/mol. The van der Waals surface area contributed by atoms with Crippen LogP contribution in [0.4, 0.5) is 0 Å². The van der Waals surface area contributed by atoms with Gasteiger partial charge in [-0.05, 0) is 31.2 Å². The van der Waals surface area contributed by atoms with E-state index in [-0.39, 0.29) is 5.54 Å². The summed E-state index contributed by atoms with van der Waals surface area (Å²) in [4.78, 5) is 19.8. The monoisotopic (exact) mass is 355 g/mol. The van der Waals surface area contributed by atoms with Gasteiger partial charge in [-0.1, -0.05) is 43.2 Å². The Morgan fingerprint density at radius 2 is 1.54 bits per heavy atom. The van der Waals surface area contributed by atoms with Crippen LogP contribution in [0.2, 0.25) is 0 Å². The summed E-state index contributed by atoms with van der Waals surface area (Å²) in [5.74, 6) is 0.416. The van der Waals surface area contributed by atoms with Crippen molar-refractivity contribution in [2.24, 2.45) is 0 Å². The smallest absolute Gasteiger partial charge is 0.223 e. The van der Waals surface area contributed by atoms with Gasteiger partial charge in [0.15, 0.2) is 0 Å². The van der Waals surface area contributed by atoms with Gasteiger partial charge in [-0.15, -0.1) is 0 Å². The maximum absolute atomic E-state index is 12.3. The number of amides is 1. The second kappa shape index (κ2) is 8.10. The molecule has 1 saturated carbocycles.